The fourth-order valence-corrected chi connectivity index (χ4v) is 3.02. The smallest absolute Gasteiger partial charge is 0.410 e. The molecular weight excluding hydrogens is 280 g/mol. The molecule has 0 aromatic heterocycles. The third-order valence-corrected chi connectivity index (χ3v) is 3.98. The Morgan fingerprint density at radius 2 is 2.23 bits per heavy atom. The number of nitrogens with one attached hydrogen (secondary N) is 1. The number of para-hydroxylation sites is 1. The van der Waals surface area contributed by atoms with Gasteiger partial charge < -0.3 is 14.8 Å². The zero-order valence-corrected chi connectivity index (χ0v) is 13.5. The zero-order chi connectivity index (χ0) is 15.7. The molecule has 2 aliphatic heterocycles. The van der Waals surface area contributed by atoms with E-state index in [1.807, 2.05) is 31.7 Å². The molecule has 1 fully saturated rings. The van der Waals surface area contributed by atoms with Gasteiger partial charge in [0.1, 0.15) is 11.4 Å². The van der Waals surface area contributed by atoms with Gasteiger partial charge in [-0.15, -0.1) is 0 Å². The van der Waals surface area contributed by atoms with Crippen LogP contribution in [0.2, 0.25) is 0 Å². The first-order valence-corrected chi connectivity index (χ1v) is 7.90. The van der Waals surface area contributed by atoms with E-state index in [9.17, 15) is 4.79 Å². The van der Waals surface area contributed by atoms with Crippen molar-refractivity contribution in [3.8, 4) is 5.75 Å². The molecule has 22 heavy (non-hydrogen) atoms. The summed E-state index contributed by atoms with van der Waals surface area (Å²) in [6.07, 6.45) is 0.685. The summed E-state index contributed by atoms with van der Waals surface area (Å²) in [5.74, 6) is 0.949. The predicted molar refractivity (Wildman–Crippen MR) is 84.2 cm³/mol. The minimum atomic E-state index is -0.484. The third-order valence-electron chi connectivity index (χ3n) is 3.98. The molecule has 1 N–H and O–H groups in total. The molecule has 1 aromatic rings. The second kappa shape index (κ2) is 5.80. The number of hydrogen-bond acceptors (Lipinski definition) is 4. The standard InChI is InChI=1S/C17H24N2O3/c1-17(2,3)22-16(20)19-9-8-18-11-14(19)13-6-4-5-12-7-10-21-15(12)13/h4-6,14,18H,7-11H2,1-3H3. The lowest BCUT2D eigenvalue weighted by molar-refractivity contribution is 0.0116. The lowest BCUT2D eigenvalue weighted by Gasteiger charge is -2.37. The van der Waals surface area contributed by atoms with Crippen LogP contribution in [-0.2, 0) is 11.2 Å². The van der Waals surface area contributed by atoms with Gasteiger partial charge in [-0.25, -0.2) is 4.79 Å². The summed E-state index contributed by atoms with van der Waals surface area (Å²) in [4.78, 5) is 14.4. The Labute approximate surface area is 131 Å². The van der Waals surface area contributed by atoms with Crippen LogP contribution in [0, 0.1) is 0 Å². The molecule has 1 saturated heterocycles. The van der Waals surface area contributed by atoms with Gasteiger partial charge >= 0.3 is 6.09 Å². The minimum Gasteiger partial charge on any atom is -0.493 e. The summed E-state index contributed by atoms with van der Waals surface area (Å²) in [6, 6.07) is 6.15. The van der Waals surface area contributed by atoms with Crippen LogP contribution in [0.25, 0.3) is 0 Å². The number of piperazine rings is 1. The third kappa shape index (κ3) is 3.04. The quantitative estimate of drug-likeness (QED) is 0.866. The number of carbonyl (C=O) groups excluding carboxylic acids is 1. The maximum Gasteiger partial charge on any atom is 0.410 e. The Balaban J connectivity index is 1.87. The average Bonchev–Trinajstić information content (AvgIpc) is 2.93. The molecule has 1 atom stereocenters. The molecule has 1 aromatic carbocycles. The minimum absolute atomic E-state index is 0.0448. The van der Waals surface area contributed by atoms with Gasteiger partial charge in [-0.1, -0.05) is 18.2 Å². The molecule has 0 aliphatic carbocycles. The first-order chi connectivity index (χ1) is 10.5. The molecule has 120 valence electrons. The Hall–Kier alpha value is -1.75. The van der Waals surface area contributed by atoms with Gasteiger partial charge in [0.05, 0.1) is 12.6 Å². The van der Waals surface area contributed by atoms with Gasteiger partial charge in [-0.2, -0.15) is 0 Å². The average molecular weight is 304 g/mol. The van der Waals surface area contributed by atoms with Crippen molar-refractivity contribution in [3.05, 3.63) is 29.3 Å². The van der Waals surface area contributed by atoms with E-state index in [1.54, 1.807) is 0 Å². The van der Waals surface area contributed by atoms with Gasteiger partial charge in [0, 0.05) is 31.6 Å². The molecule has 5 heteroatoms. The molecular formula is C17H24N2O3. The maximum absolute atomic E-state index is 12.5. The molecule has 2 aliphatic rings. The number of amides is 1. The lowest BCUT2D eigenvalue weighted by atomic mass is 9.99. The SMILES string of the molecule is CC(C)(C)OC(=O)N1CCNCC1c1cccc2c1OCC2. The molecule has 0 spiro atoms. The van der Waals surface area contributed by atoms with E-state index in [0.717, 1.165) is 37.4 Å². The van der Waals surface area contributed by atoms with Crippen molar-refractivity contribution >= 4 is 6.09 Å². The highest BCUT2D eigenvalue weighted by atomic mass is 16.6. The Bertz CT molecular complexity index is 566. The summed E-state index contributed by atoms with van der Waals surface area (Å²) >= 11 is 0. The summed E-state index contributed by atoms with van der Waals surface area (Å²) in [5, 5.41) is 3.37. The largest absolute Gasteiger partial charge is 0.493 e. The molecule has 0 bridgehead atoms. The van der Waals surface area contributed by atoms with Gasteiger partial charge in [0.25, 0.3) is 0 Å². The second-order valence-electron chi connectivity index (χ2n) is 6.83. The number of benzene rings is 1. The van der Waals surface area contributed by atoms with E-state index in [-0.39, 0.29) is 12.1 Å². The maximum atomic E-state index is 12.5. The highest BCUT2D eigenvalue weighted by molar-refractivity contribution is 5.69. The van der Waals surface area contributed by atoms with Crippen LogP contribution < -0.4 is 10.1 Å². The number of fused-ring (bicyclic) bond motifs is 1. The molecule has 5 nitrogen and oxygen atoms in total. The van der Waals surface area contributed by atoms with E-state index < -0.39 is 5.60 Å². The van der Waals surface area contributed by atoms with Crippen molar-refractivity contribution in [2.24, 2.45) is 0 Å². The lowest BCUT2D eigenvalue weighted by Crippen LogP contribution is -2.50. The first kappa shape index (κ1) is 15.2. The van der Waals surface area contributed by atoms with Gasteiger partial charge in [0.2, 0.25) is 0 Å². The molecule has 1 amide bonds. The normalized spacial score (nSPS) is 21.2. The Morgan fingerprint density at radius 1 is 1.41 bits per heavy atom. The van der Waals surface area contributed by atoms with Crippen LogP contribution in [0.1, 0.15) is 37.9 Å². The zero-order valence-electron chi connectivity index (χ0n) is 13.5. The van der Waals surface area contributed by atoms with Gasteiger partial charge in [-0.3, -0.25) is 4.90 Å². The van der Waals surface area contributed by atoms with Crippen molar-refractivity contribution in [1.82, 2.24) is 10.2 Å². The number of hydrogen-bond donors (Lipinski definition) is 1. The second-order valence-corrected chi connectivity index (χ2v) is 6.83. The van der Waals surface area contributed by atoms with Crippen LogP contribution in [0.4, 0.5) is 4.79 Å². The fourth-order valence-electron chi connectivity index (χ4n) is 3.02. The van der Waals surface area contributed by atoms with E-state index >= 15 is 0 Å². The molecule has 0 saturated carbocycles. The van der Waals surface area contributed by atoms with Gasteiger partial charge in [0.15, 0.2) is 0 Å². The van der Waals surface area contributed by atoms with Crippen molar-refractivity contribution in [2.45, 2.75) is 38.8 Å². The van der Waals surface area contributed by atoms with Crippen molar-refractivity contribution in [1.29, 1.82) is 0 Å². The van der Waals surface area contributed by atoms with Crippen molar-refractivity contribution < 1.29 is 14.3 Å². The summed E-state index contributed by atoms with van der Waals surface area (Å²) in [6.45, 7) is 8.55. The van der Waals surface area contributed by atoms with Crippen molar-refractivity contribution in [2.75, 3.05) is 26.2 Å². The highest BCUT2D eigenvalue weighted by Gasteiger charge is 2.34. The Kier molecular flexibility index (Phi) is 4.00. The predicted octanol–water partition coefficient (Wildman–Crippen LogP) is 2.50. The van der Waals surface area contributed by atoms with Gasteiger partial charge in [-0.05, 0) is 26.3 Å². The molecule has 0 radical (unpaired) electrons. The number of ether oxygens (including phenoxy) is 2. The number of carbonyl (C=O) groups is 1. The van der Waals surface area contributed by atoms with E-state index in [1.165, 1.54) is 5.56 Å². The summed E-state index contributed by atoms with van der Waals surface area (Å²) < 4.78 is 11.4. The van der Waals surface area contributed by atoms with Crippen molar-refractivity contribution in [3.63, 3.8) is 0 Å². The van der Waals surface area contributed by atoms with Crippen LogP contribution in [0.15, 0.2) is 18.2 Å². The fraction of sp³-hybridized carbons (Fsp3) is 0.588. The summed E-state index contributed by atoms with van der Waals surface area (Å²) in [5.41, 5.74) is 1.82. The van der Waals surface area contributed by atoms with Crippen LogP contribution >= 0.6 is 0 Å². The number of nitrogens with zero attached hydrogens (tertiary/aromatic N) is 1. The molecule has 2 heterocycles. The van der Waals surface area contributed by atoms with E-state index in [2.05, 4.69) is 17.4 Å². The first-order valence-electron chi connectivity index (χ1n) is 7.90. The van der Waals surface area contributed by atoms with Crippen LogP contribution in [-0.4, -0.2) is 42.8 Å². The Morgan fingerprint density at radius 3 is 3.00 bits per heavy atom. The van der Waals surface area contributed by atoms with Crippen LogP contribution in [0.5, 0.6) is 5.75 Å². The molecule has 1 unspecified atom stereocenters. The summed E-state index contributed by atoms with van der Waals surface area (Å²) in [7, 11) is 0. The topological polar surface area (TPSA) is 50.8 Å². The highest BCUT2D eigenvalue weighted by Crippen LogP contribution is 2.36. The van der Waals surface area contributed by atoms with Crippen LogP contribution in [0.3, 0.4) is 0 Å². The van der Waals surface area contributed by atoms with E-state index in [4.69, 9.17) is 9.47 Å². The molecule has 3 rings (SSSR count). The monoisotopic (exact) mass is 304 g/mol. The van der Waals surface area contributed by atoms with E-state index in [0.29, 0.717) is 6.54 Å². The number of rotatable bonds is 1.